The molecule has 1 aliphatic rings. The second-order valence-electron chi connectivity index (χ2n) is 7.05. The van der Waals surface area contributed by atoms with Crippen LogP contribution in [0.3, 0.4) is 0 Å². The standard InChI is InChI=1S/C21H30N4O5/c1-3-6-18(26)24-16-8-5-7-15(12-16)23-14-19(27)25-10-9-22-21(29)17(25)13-20(28)30-11-4-2/h5,7-8,12,17,23H,3-4,6,9-11,13-14H2,1-2H3,(H,22,29)(H,24,26). The van der Waals surface area contributed by atoms with Crippen LogP contribution < -0.4 is 16.0 Å². The number of nitrogens with one attached hydrogen (secondary N) is 3. The fourth-order valence-corrected chi connectivity index (χ4v) is 3.09. The predicted molar refractivity (Wildman–Crippen MR) is 113 cm³/mol. The van der Waals surface area contributed by atoms with Crippen LogP contribution in [0.5, 0.6) is 0 Å². The van der Waals surface area contributed by atoms with Gasteiger partial charge in [0, 0.05) is 30.9 Å². The summed E-state index contributed by atoms with van der Waals surface area (Å²) in [6.07, 6.45) is 1.72. The van der Waals surface area contributed by atoms with Gasteiger partial charge in [0.25, 0.3) is 0 Å². The van der Waals surface area contributed by atoms with Crippen molar-refractivity contribution in [2.75, 3.05) is 36.9 Å². The number of esters is 1. The predicted octanol–water partition coefficient (Wildman–Crippen LogP) is 1.51. The molecule has 1 unspecified atom stereocenters. The van der Waals surface area contributed by atoms with E-state index < -0.39 is 12.0 Å². The van der Waals surface area contributed by atoms with Crippen molar-refractivity contribution in [2.45, 2.75) is 45.6 Å². The van der Waals surface area contributed by atoms with Crippen molar-refractivity contribution < 1.29 is 23.9 Å². The molecule has 0 radical (unpaired) electrons. The fourth-order valence-electron chi connectivity index (χ4n) is 3.09. The van der Waals surface area contributed by atoms with Crippen molar-refractivity contribution in [1.82, 2.24) is 10.2 Å². The number of amides is 3. The molecule has 0 saturated carbocycles. The maximum Gasteiger partial charge on any atom is 0.308 e. The fraction of sp³-hybridized carbons (Fsp3) is 0.524. The minimum absolute atomic E-state index is 0.0415. The Morgan fingerprint density at radius 1 is 1.20 bits per heavy atom. The van der Waals surface area contributed by atoms with Crippen LogP contribution in [0.2, 0.25) is 0 Å². The third kappa shape index (κ3) is 7.06. The first-order valence-corrected chi connectivity index (χ1v) is 10.3. The molecule has 9 nitrogen and oxygen atoms in total. The molecule has 1 atom stereocenters. The van der Waals surface area contributed by atoms with Gasteiger partial charge in [-0.3, -0.25) is 19.2 Å². The second kappa shape index (κ2) is 11.8. The zero-order valence-corrected chi connectivity index (χ0v) is 17.5. The quantitative estimate of drug-likeness (QED) is 0.496. The summed E-state index contributed by atoms with van der Waals surface area (Å²) in [5.41, 5.74) is 1.30. The van der Waals surface area contributed by atoms with Crippen molar-refractivity contribution in [3.8, 4) is 0 Å². The summed E-state index contributed by atoms with van der Waals surface area (Å²) in [5, 5.41) is 8.51. The van der Waals surface area contributed by atoms with E-state index in [1.165, 1.54) is 4.90 Å². The highest BCUT2D eigenvalue weighted by Gasteiger charge is 2.34. The summed E-state index contributed by atoms with van der Waals surface area (Å²) in [6, 6.07) is 6.19. The molecule has 1 fully saturated rings. The molecule has 2 rings (SSSR count). The van der Waals surface area contributed by atoms with E-state index in [0.717, 1.165) is 6.42 Å². The third-order valence-corrected chi connectivity index (χ3v) is 4.55. The molecule has 9 heteroatoms. The van der Waals surface area contributed by atoms with Crippen LogP contribution in [-0.4, -0.2) is 60.9 Å². The lowest BCUT2D eigenvalue weighted by Crippen LogP contribution is -2.58. The minimum Gasteiger partial charge on any atom is -0.466 e. The molecule has 1 aromatic carbocycles. The molecule has 3 N–H and O–H groups in total. The lowest BCUT2D eigenvalue weighted by Gasteiger charge is -2.34. The zero-order valence-electron chi connectivity index (χ0n) is 17.5. The highest BCUT2D eigenvalue weighted by atomic mass is 16.5. The number of benzene rings is 1. The largest absolute Gasteiger partial charge is 0.466 e. The maximum absolute atomic E-state index is 12.7. The Hall–Kier alpha value is -3.10. The normalized spacial score (nSPS) is 15.9. The monoisotopic (exact) mass is 418 g/mol. The molecule has 0 bridgehead atoms. The summed E-state index contributed by atoms with van der Waals surface area (Å²) in [6.45, 7) is 4.72. The summed E-state index contributed by atoms with van der Waals surface area (Å²) < 4.78 is 5.05. The number of carbonyl (C=O) groups excluding carboxylic acids is 4. The van der Waals surface area contributed by atoms with E-state index in [4.69, 9.17) is 4.74 Å². The highest BCUT2D eigenvalue weighted by molar-refractivity contribution is 5.93. The van der Waals surface area contributed by atoms with Gasteiger partial charge in [0.05, 0.1) is 19.6 Å². The molecule has 1 saturated heterocycles. The van der Waals surface area contributed by atoms with Gasteiger partial charge in [-0.25, -0.2) is 0 Å². The number of piperazine rings is 1. The summed E-state index contributed by atoms with van der Waals surface area (Å²) >= 11 is 0. The van der Waals surface area contributed by atoms with Gasteiger partial charge in [-0.05, 0) is 31.0 Å². The van der Waals surface area contributed by atoms with Crippen molar-refractivity contribution in [2.24, 2.45) is 0 Å². The first kappa shape index (κ1) is 23.2. The van der Waals surface area contributed by atoms with Crippen molar-refractivity contribution in [3.63, 3.8) is 0 Å². The van der Waals surface area contributed by atoms with E-state index in [9.17, 15) is 19.2 Å². The molecule has 1 heterocycles. The van der Waals surface area contributed by atoms with Gasteiger partial charge in [-0.15, -0.1) is 0 Å². The van der Waals surface area contributed by atoms with Crippen LogP contribution in [0.25, 0.3) is 0 Å². The number of anilines is 2. The Kier molecular flexibility index (Phi) is 9.11. The second-order valence-corrected chi connectivity index (χ2v) is 7.05. The molecular formula is C21H30N4O5. The summed E-state index contributed by atoms with van der Waals surface area (Å²) in [7, 11) is 0. The number of carbonyl (C=O) groups is 4. The first-order valence-electron chi connectivity index (χ1n) is 10.3. The Morgan fingerprint density at radius 3 is 2.70 bits per heavy atom. The summed E-state index contributed by atoms with van der Waals surface area (Å²) in [4.78, 5) is 50.1. The number of ether oxygens (including phenoxy) is 1. The van der Waals surface area contributed by atoms with Crippen molar-refractivity contribution >= 4 is 35.1 Å². The van der Waals surface area contributed by atoms with Crippen molar-refractivity contribution in [3.05, 3.63) is 24.3 Å². The van der Waals surface area contributed by atoms with Crippen molar-refractivity contribution in [1.29, 1.82) is 0 Å². The van der Waals surface area contributed by atoms with Crippen LogP contribution >= 0.6 is 0 Å². The molecule has 164 valence electrons. The van der Waals surface area contributed by atoms with Gasteiger partial charge >= 0.3 is 5.97 Å². The average Bonchev–Trinajstić information content (AvgIpc) is 2.72. The number of hydrogen-bond acceptors (Lipinski definition) is 6. The van der Waals surface area contributed by atoms with Gasteiger partial charge in [-0.2, -0.15) is 0 Å². The molecule has 30 heavy (non-hydrogen) atoms. The Bertz CT molecular complexity index is 768. The zero-order chi connectivity index (χ0) is 21.9. The topological polar surface area (TPSA) is 117 Å². The minimum atomic E-state index is -0.878. The van der Waals surface area contributed by atoms with Crippen LogP contribution in [0, 0.1) is 0 Å². The Labute approximate surface area is 176 Å². The molecule has 3 amide bonds. The summed E-state index contributed by atoms with van der Waals surface area (Å²) in [5.74, 6) is -1.22. The number of hydrogen-bond donors (Lipinski definition) is 3. The molecule has 1 aliphatic heterocycles. The molecule has 1 aromatic rings. The molecule has 0 aromatic heterocycles. The van der Waals surface area contributed by atoms with Crippen LogP contribution in [0.4, 0.5) is 11.4 Å². The smallest absolute Gasteiger partial charge is 0.308 e. The van der Waals surface area contributed by atoms with E-state index in [1.807, 2.05) is 13.8 Å². The van der Waals surface area contributed by atoms with E-state index in [-0.39, 0.29) is 37.3 Å². The lowest BCUT2D eigenvalue weighted by atomic mass is 10.1. The van der Waals surface area contributed by atoms with Gasteiger partial charge in [0.15, 0.2) is 0 Å². The molecular weight excluding hydrogens is 388 g/mol. The van der Waals surface area contributed by atoms with E-state index >= 15 is 0 Å². The number of rotatable bonds is 10. The van der Waals surface area contributed by atoms with E-state index in [2.05, 4.69) is 16.0 Å². The van der Waals surface area contributed by atoms with Crippen LogP contribution in [0.15, 0.2) is 24.3 Å². The lowest BCUT2D eigenvalue weighted by molar-refractivity contribution is -0.151. The Balaban J connectivity index is 1.95. The Morgan fingerprint density at radius 2 is 1.97 bits per heavy atom. The number of nitrogens with zero attached hydrogens (tertiary/aromatic N) is 1. The first-order chi connectivity index (χ1) is 14.4. The van der Waals surface area contributed by atoms with Crippen LogP contribution in [0.1, 0.15) is 39.5 Å². The van der Waals surface area contributed by atoms with Gasteiger partial charge in [0.1, 0.15) is 6.04 Å². The molecule has 0 spiro atoms. The van der Waals surface area contributed by atoms with E-state index in [0.29, 0.717) is 37.3 Å². The van der Waals surface area contributed by atoms with Gasteiger partial charge < -0.3 is 25.6 Å². The maximum atomic E-state index is 12.7. The van der Waals surface area contributed by atoms with Gasteiger partial charge in [-0.1, -0.05) is 19.9 Å². The van der Waals surface area contributed by atoms with E-state index in [1.54, 1.807) is 24.3 Å². The SMILES string of the molecule is CCCOC(=O)CC1C(=O)NCCN1C(=O)CNc1cccc(NC(=O)CCC)c1. The average molecular weight is 418 g/mol. The highest BCUT2D eigenvalue weighted by Crippen LogP contribution is 2.16. The van der Waals surface area contributed by atoms with Gasteiger partial charge in [0.2, 0.25) is 17.7 Å². The third-order valence-electron chi connectivity index (χ3n) is 4.55. The molecule has 0 aliphatic carbocycles. The van der Waals surface area contributed by atoms with Crippen LogP contribution in [-0.2, 0) is 23.9 Å².